The van der Waals surface area contributed by atoms with Crippen molar-refractivity contribution < 1.29 is 19.7 Å². The van der Waals surface area contributed by atoms with E-state index in [2.05, 4.69) is 0 Å². The molecule has 2 N–H and O–H groups in total. The molecule has 1 unspecified atom stereocenters. The fourth-order valence-electron chi connectivity index (χ4n) is 1.30. The van der Waals surface area contributed by atoms with Gasteiger partial charge in [-0.2, -0.15) is 0 Å². The van der Waals surface area contributed by atoms with Gasteiger partial charge in [0.2, 0.25) is 0 Å². The summed E-state index contributed by atoms with van der Waals surface area (Å²) < 4.78 is 5.27. The minimum absolute atomic E-state index is 0.00528. The van der Waals surface area contributed by atoms with E-state index < -0.39 is 5.97 Å². The number of carboxylic acids is 1. The molecule has 0 spiro atoms. The molecule has 13 heavy (non-hydrogen) atoms. The van der Waals surface area contributed by atoms with Gasteiger partial charge >= 0.3 is 5.97 Å². The number of aliphatic carboxylic acids is 1. The van der Waals surface area contributed by atoms with E-state index in [1.54, 1.807) is 0 Å². The monoisotopic (exact) mass is 186 g/mol. The van der Waals surface area contributed by atoms with Crippen molar-refractivity contribution in [3.8, 4) is 0 Å². The summed E-state index contributed by atoms with van der Waals surface area (Å²) >= 11 is 0. The van der Waals surface area contributed by atoms with E-state index in [1.807, 2.05) is 0 Å². The highest BCUT2D eigenvalue weighted by Crippen LogP contribution is 2.19. The Labute approximate surface area is 76.8 Å². The number of carbonyl (C=O) groups is 1. The van der Waals surface area contributed by atoms with Crippen LogP contribution in [0.4, 0.5) is 0 Å². The lowest BCUT2D eigenvalue weighted by Crippen LogP contribution is -2.09. The van der Waals surface area contributed by atoms with Crippen molar-refractivity contribution >= 4 is 5.97 Å². The molecule has 0 aromatic heterocycles. The molecule has 1 atom stereocenters. The number of aliphatic hydroxyl groups excluding tert-OH is 1. The molecular weight excluding hydrogens is 172 g/mol. The van der Waals surface area contributed by atoms with Crippen molar-refractivity contribution in [1.29, 1.82) is 0 Å². The summed E-state index contributed by atoms with van der Waals surface area (Å²) in [6.07, 6.45) is 2.20. The van der Waals surface area contributed by atoms with Crippen LogP contribution in [0.2, 0.25) is 0 Å². The molecule has 74 valence electrons. The molecule has 0 aliphatic carbocycles. The maximum Gasteiger partial charge on any atom is 0.334 e. The molecule has 1 fully saturated rings. The summed E-state index contributed by atoms with van der Waals surface area (Å²) in [5, 5.41) is 17.9. The number of hydrogen-bond acceptors (Lipinski definition) is 3. The zero-order valence-electron chi connectivity index (χ0n) is 7.62. The Morgan fingerprint density at radius 3 is 2.69 bits per heavy atom. The predicted molar refractivity (Wildman–Crippen MR) is 46.6 cm³/mol. The summed E-state index contributed by atoms with van der Waals surface area (Å²) in [6.45, 7) is 2.11. The molecule has 0 amide bonds. The second kappa shape index (κ2) is 4.28. The molecule has 1 rings (SSSR count). The predicted octanol–water partition coefficient (Wildman–Crippen LogP) is 1.47. The Morgan fingerprint density at radius 1 is 1.54 bits per heavy atom. The minimum atomic E-state index is -1.07. The van der Waals surface area contributed by atoms with Crippen molar-refractivity contribution in [3.05, 3.63) is 11.3 Å². The Hall–Kier alpha value is -1.03. The van der Waals surface area contributed by atoms with Crippen LogP contribution in [-0.4, -0.2) is 28.9 Å². The quantitative estimate of drug-likeness (QED) is 0.517. The van der Waals surface area contributed by atoms with E-state index in [4.69, 9.17) is 9.84 Å². The van der Waals surface area contributed by atoms with Crippen LogP contribution in [0, 0.1) is 0 Å². The van der Waals surface area contributed by atoms with Gasteiger partial charge in [0.1, 0.15) is 5.76 Å². The van der Waals surface area contributed by atoms with Crippen LogP contribution in [0.5, 0.6) is 0 Å². The van der Waals surface area contributed by atoms with E-state index in [0.29, 0.717) is 13.0 Å². The molecule has 0 aromatic rings. The maximum absolute atomic E-state index is 10.5. The fourth-order valence-corrected chi connectivity index (χ4v) is 1.30. The summed E-state index contributed by atoms with van der Waals surface area (Å²) in [7, 11) is 0. The molecule has 1 aliphatic rings. The van der Waals surface area contributed by atoms with Gasteiger partial charge in [-0.3, -0.25) is 0 Å². The fraction of sp³-hybridized carbons (Fsp3) is 0.667. The van der Waals surface area contributed by atoms with Crippen molar-refractivity contribution in [2.75, 3.05) is 6.61 Å². The number of rotatable bonds is 3. The molecular formula is C9H14O4. The third kappa shape index (κ3) is 2.73. The van der Waals surface area contributed by atoms with Crippen LogP contribution in [0.25, 0.3) is 0 Å². The van der Waals surface area contributed by atoms with E-state index in [-0.39, 0.29) is 17.4 Å². The van der Waals surface area contributed by atoms with Gasteiger partial charge in [0.15, 0.2) is 0 Å². The molecule has 1 saturated heterocycles. The highest BCUT2D eigenvalue weighted by molar-refractivity contribution is 5.86. The number of carboxylic acid groups (broad SMARTS) is 1. The zero-order chi connectivity index (χ0) is 9.84. The van der Waals surface area contributed by atoms with Crippen LogP contribution >= 0.6 is 0 Å². The van der Waals surface area contributed by atoms with Crippen LogP contribution in [-0.2, 0) is 9.53 Å². The summed E-state index contributed by atoms with van der Waals surface area (Å²) in [6, 6.07) is 0. The Morgan fingerprint density at radius 2 is 2.23 bits per heavy atom. The van der Waals surface area contributed by atoms with Gasteiger partial charge in [0, 0.05) is 13.0 Å². The van der Waals surface area contributed by atoms with Crippen LogP contribution in [0.1, 0.15) is 26.2 Å². The SMILES string of the molecule is CC(C(=O)O)=C(O)CC1CCCO1. The van der Waals surface area contributed by atoms with Crippen LogP contribution in [0.15, 0.2) is 11.3 Å². The van der Waals surface area contributed by atoms with Crippen LogP contribution < -0.4 is 0 Å². The summed E-state index contributed by atoms with van der Waals surface area (Å²) in [5.74, 6) is -1.14. The summed E-state index contributed by atoms with van der Waals surface area (Å²) in [5.41, 5.74) is 0.00972. The topological polar surface area (TPSA) is 66.8 Å². The average molecular weight is 186 g/mol. The van der Waals surface area contributed by atoms with Crippen molar-refractivity contribution in [2.45, 2.75) is 32.3 Å². The molecule has 0 bridgehead atoms. The average Bonchev–Trinajstić information content (AvgIpc) is 2.55. The van der Waals surface area contributed by atoms with Crippen molar-refractivity contribution in [1.82, 2.24) is 0 Å². The highest BCUT2D eigenvalue weighted by Gasteiger charge is 2.19. The third-order valence-corrected chi connectivity index (χ3v) is 2.20. The van der Waals surface area contributed by atoms with Gasteiger partial charge in [-0.05, 0) is 19.8 Å². The smallest absolute Gasteiger partial charge is 0.334 e. The molecule has 4 nitrogen and oxygen atoms in total. The second-order valence-electron chi connectivity index (χ2n) is 3.22. The van der Waals surface area contributed by atoms with Gasteiger partial charge in [0.05, 0.1) is 11.7 Å². The molecule has 1 heterocycles. The number of ether oxygens (including phenoxy) is 1. The third-order valence-electron chi connectivity index (χ3n) is 2.20. The number of aliphatic hydroxyl groups is 1. The highest BCUT2D eigenvalue weighted by atomic mass is 16.5. The molecule has 4 heteroatoms. The van der Waals surface area contributed by atoms with Crippen molar-refractivity contribution in [3.63, 3.8) is 0 Å². The standard InChI is InChI=1S/C9H14O4/c1-6(9(11)12)8(10)5-7-3-2-4-13-7/h7,10H,2-5H2,1H3,(H,11,12). The molecule has 0 radical (unpaired) electrons. The first-order valence-electron chi connectivity index (χ1n) is 4.35. The van der Waals surface area contributed by atoms with E-state index in [1.165, 1.54) is 6.92 Å². The first-order valence-corrected chi connectivity index (χ1v) is 4.35. The Kier molecular flexibility index (Phi) is 3.31. The second-order valence-corrected chi connectivity index (χ2v) is 3.22. The first kappa shape index (κ1) is 10.1. The van der Waals surface area contributed by atoms with E-state index in [9.17, 15) is 9.90 Å². The first-order chi connectivity index (χ1) is 6.11. The lowest BCUT2D eigenvalue weighted by molar-refractivity contribution is -0.132. The largest absolute Gasteiger partial charge is 0.512 e. The van der Waals surface area contributed by atoms with E-state index >= 15 is 0 Å². The van der Waals surface area contributed by atoms with Gasteiger partial charge in [-0.1, -0.05) is 0 Å². The molecule has 0 saturated carbocycles. The van der Waals surface area contributed by atoms with Gasteiger partial charge < -0.3 is 14.9 Å². The minimum Gasteiger partial charge on any atom is -0.512 e. The zero-order valence-corrected chi connectivity index (χ0v) is 7.62. The number of hydrogen-bond donors (Lipinski definition) is 2. The Bertz CT molecular complexity index is 226. The maximum atomic E-state index is 10.5. The lowest BCUT2D eigenvalue weighted by Gasteiger charge is -2.09. The Balaban J connectivity index is 2.51. The van der Waals surface area contributed by atoms with Gasteiger partial charge in [-0.25, -0.2) is 4.79 Å². The van der Waals surface area contributed by atoms with Gasteiger partial charge in [0.25, 0.3) is 0 Å². The van der Waals surface area contributed by atoms with E-state index in [0.717, 1.165) is 12.8 Å². The summed E-state index contributed by atoms with van der Waals surface area (Å²) in [4.78, 5) is 10.5. The normalized spacial score (nSPS) is 24.2. The van der Waals surface area contributed by atoms with Gasteiger partial charge in [-0.15, -0.1) is 0 Å². The molecule has 1 aliphatic heterocycles. The molecule has 0 aromatic carbocycles. The lowest BCUT2D eigenvalue weighted by atomic mass is 10.1. The van der Waals surface area contributed by atoms with Crippen molar-refractivity contribution in [2.24, 2.45) is 0 Å². The van der Waals surface area contributed by atoms with Crippen LogP contribution in [0.3, 0.4) is 0 Å².